The van der Waals surface area contributed by atoms with Crippen LogP contribution >= 0.6 is 0 Å². The molecule has 0 aliphatic rings. The van der Waals surface area contributed by atoms with Crippen molar-refractivity contribution >= 4 is 11.9 Å². The Hall–Kier alpha value is -3.61. The van der Waals surface area contributed by atoms with Crippen molar-refractivity contribution in [1.29, 1.82) is 0 Å². The van der Waals surface area contributed by atoms with Gasteiger partial charge < -0.3 is 16.0 Å². The second-order valence-electron chi connectivity index (χ2n) is 6.92. The van der Waals surface area contributed by atoms with Gasteiger partial charge in [-0.25, -0.2) is 4.68 Å². The molecule has 0 atom stereocenters. The molecule has 0 radical (unpaired) electrons. The molecule has 1 aromatic heterocycles. The molecule has 1 amide bonds. The highest BCUT2D eigenvalue weighted by Crippen LogP contribution is 2.08. The van der Waals surface area contributed by atoms with Gasteiger partial charge in [-0.1, -0.05) is 29.8 Å². The number of hydrogen-bond donors (Lipinski definition) is 3. The molecule has 3 aromatic rings. The van der Waals surface area contributed by atoms with Crippen molar-refractivity contribution in [2.75, 3.05) is 26.7 Å². The van der Waals surface area contributed by atoms with Crippen molar-refractivity contribution in [1.82, 2.24) is 25.7 Å². The molecule has 0 spiro atoms. The minimum Gasteiger partial charge on any atom is -0.356 e. The van der Waals surface area contributed by atoms with E-state index in [1.54, 1.807) is 13.2 Å². The van der Waals surface area contributed by atoms with Gasteiger partial charge in [0.05, 0.1) is 5.69 Å². The predicted octanol–water partition coefficient (Wildman–Crippen LogP) is 2.32. The van der Waals surface area contributed by atoms with Crippen LogP contribution in [0.15, 0.2) is 72.0 Å². The average Bonchev–Trinajstić information content (AvgIpc) is 3.30. The highest BCUT2D eigenvalue weighted by molar-refractivity contribution is 5.94. The lowest BCUT2D eigenvalue weighted by molar-refractivity contribution is 0.0954. The van der Waals surface area contributed by atoms with Gasteiger partial charge >= 0.3 is 0 Å². The number of aromatic nitrogens is 2. The molecule has 1 heterocycles. The highest BCUT2D eigenvalue weighted by atomic mass is 16.1. The summed E-state index contributed by atoms with van der Waals surface area (Å²) in [6.45, 7) is 3.84. The number of aryl methyl sites for hydroxylation is 1. The van der Waals surface area contributed by atoms with Gasteiger partial charge in [-0.05, 0) is 49.2 Å². The molecule has 0 saturated carbocycles. The lowest BCUT2D eigenvalue weighted by Gasteiger charge is -2.12. The Morgan fingerprint density at radius 2 is 1.77 bits per heavy atom. The fraction of sp³-hybridized carbons (Fsp3) is 0.261. The maximum Gasteiger partial charge on any atom is 0.251 e. The summed E-state index contributed by atoms with van der Waals surface area (Å²) >= 11 is 0. The van der Waals surface area contributed by atoms with Gasteiger partial charge in [-0.3, -0.25) is 9.79 Å². The summed E-state index contributed by atoms with van der Waals surface area (Å²) in [5.74, 6) is 0.648. The molecule has 156 valence electrons. The number of nitrogens with one attached hydrogen (secondary N) is 3. The Morgan fingerprint density at radius 1 is 1.00 bits per heavy atom. The third-order valence-electron chi connectivity index (χ3n) is 4.62. The summed E-state index contributed by atoms with van der Waals surface area (Å²) < 4.78 is 1.84. The summed E-state index contributed by atoms with van der Waals surface area (Å²) in [7, 11) is 1.74. The van der Waals surface area contributed by atoms with Crippen molar-refractivity contribution in [3.05, 3.63) is 83.7 Å². The van der Waals surface area contributed by atoms with E-state index in [1.807, 2.05) is 48.1 Å². The van der Waals surface area contributed by atoms with Crippen LogP contribution in [0.5, 0.6) is 0 Å². The molecule has 2 aromatic carbocycles. The molecule has 0 aliphatic carbocycles. The van der Waals surface area contributed by atoms with E-state index in [0.717, 1.165) is 24.2 Å². The lowest BCUT2D eigenvalue weighted by Crippen LogP contribution is -2.42. The highest BCUT2D eigenvalue weighted by Gasteiger charge is 2.05. The molecule has 0 unspecified atom stereocenters. The summed E-state index contributed by atoms with van der Waals surface area (Å²) in [6, 6.07) is 17.8. The minimum absolute atomic E-state index is 0.0676. The van der Waals surface area contributed by atoms with Crippen molar-refractivity contribution in [2.45, 2.75) is 13.3 Å². The number of carbonyl (C=O) groups is 1. The van der Waals surface area contributed by atoms with E-state index in [9.17, 15) is 4.79 Å². The Balaban J connectivity index is 1.35. The van der Waals surface area contributed by atoms with E-state index in [4.69, 9.17) is 0 Å². The Kier molecular flexibility index (Phi) is 7.60. The van der Waals surface area contributed by atoms with Crippen LogP contribution in [0.4, 0.5) is 0 Å². The van der Waals surface area contributed by atoms with E-state index in [0.29, 0.717) is 24.6 Å². The topological polar surface area (TPSA) is 83.3 Å². The number of nitrogens with zero attached hydrogens (tertiary/aromatic N) is 3. The Morgan fingerprint density at radius 3 is 2.47 bits per heavy atom. The molecule has 0 saturated heterocycles. The molecule has 30 heavy (non-hydrogen) atoms. The second-order valence-corrected chi connectivity index (χ2v) is 6.92. The number of amides is 1. The quantitative estimate of drug-likeness (QED) is 0.306. The lowest BCUT2D eigenvalue weighted by atomic mass is 10.1. The van der Waals surface area contributed by atoms with Gasteiger partial charge in [0.1, 0.15) is 0 Å². The summed E-state index contributed by atoms with van der Waals surface area (Å²) in [5.41, 5.74) is 4.03. The van der Waals surface area contributed by atoms with Crippen molar-refractivity contribution in [3.8, 4) is 5.69 Å². The molecular formula is C23H28N6O. The van der Waals surface area contributed by atoms with E-state index in [-0.39, 0.29) is 5.91 Å². The monoisotopic (exact) mass is 404 g/mol. The SMILES string of the molecule is CN=C(NCCNC(=O)c1cccc(C)c1)NCCc1ccc(-n2cccn2)cc1. The number of benzene rings is 2. The smallest absolute Gasteiger partial charge is 0.251 e. The fourth-order valence-electron chi connectivity index (χ4n) is 3.03. The second kappa shape index (κ2) is 10.8. The van der Waals surface area contributed by atoms with Crippen molar-refractivity contribution < 1.29 is 4.79 Å². The largest absolute Gasteiger partial charge is 0.356 e. The Bertz CT molecular complexity index is 964. The van der Waals surface area contributed by atoms with Crippen molar-refractivity contribution in [3.63, 3.8) is 0 Å². The van der Waals surface area contributed by atoms with Crippen LogP contribution in [-0.4, -0.2) is 48.3 Å². The maximum atomic E-state index is 12.1. The first kappa shape index (κ1) is 21.1. The fourth-order valence-corrected chi connectivity index (χ4v) is 3.03. The number of hydrogen-bond acceptors (Lipinski definition) is 3. The van der Waals surface area contributed by atoms with E-state index < -0.39 is 0 Å². The zero-order valence-electron chi connectivity index (χ0n) is 17.4. The summed E-state index contributed by atoms with van der Waals surface area (Å²) in [5, 5.41) is 13.7. The molecule has 0 fully saturated rings. The normalized spacial score (nSPS) is 11.2. The minimum atomic E-state index is -0.0676. The van der Waals surface area contributed by atoms with Gasteiger partial charge in [-0.2, -0.15) is 5.10 Å². The summed E-state index contributed by atoms with van der Waals surface area (Å²) in [6.07, 6.45) is 4.57. The first-order valence-corrected chi connectivity index (χ1v) is 10.0. The van der Waals surface area contributed by atoms with Gasteiger partial charge in [-0.15, -0.1) is 0 Å². The van der Waals surface area contributed by atoms with Crippen LogP contribution in [-0.2, 0) is 6.42 Å². The standard InChI is InChI=1S/C23H28N6O/c1-18-5-3-6-20(17-18)22(30)25-14-15-27-23(24-2)26-13-11-19-7-9-21(10-8-19)29-16-4-12-28-29/h3-10,12,16-17H,11,13-15H2,1-2H3,(H,25,30)(H2,24,26,27). The van der Waals surface area contributed by atoms with E-state index in [1.165, 1.54) is 5.56 Å². The zero-order valence-corrected chi connectivity index (χ0v) is 17.4. The number of guanidine groups is 1. The van der Waals surface area contributed by atoms with E-state index >= 15 is 0 Å². The van der Waals surface area contributed by atoms with Crippen molar-refractivity contribution in [2.24, 2.45) is 4.99 Å². The van der Waals surface area contributed by atoms with Gasteiger partial charge in [0.25, 0.3) is 5.91 Å². The molecule has 0 bridgehead atoms. The predicted molar refractivity (Wildman–Crippen MR) is 120 cm³/mol. The third kappa shape index (κ3) is 6.20. The van der Waals surface area contributed by atoms with Crippen LogP contribution in [0.3, 0.4) is 0 Å². The molecular weight excluding hydrogens is 376 g/mol. The molecule has 7 heteroatoms. The maximum absolute atomic E-state index is 12.1. The molecule has 0 aliphatic heterocycles. The molecule has 7 nitrogen and oxygen atoms in total. The van der Waals surface area contributed by atoms with E-state index in [2.05, 4.69) is 50.3 Å². The Labute approximate surface area is 177 Å². The average molecular weight is 405 g/mol. The third-order valence-corrected chi connectivity index (χ3v) is 4.62. The van der Waals surface area contributed by atoms with Crippen LogP contribution < -0.4 is 16.0 Å². The zero-order chi connectivity index (χ0) is 21.2. The first-order valence-electron chi connectivity index (χ1n) is 10.0. The molecule has 3 N–H and O–H groups in total. The van der Waals surface area contributed by atoms with Gasteiger partial charge in [0.15, 0.2) is 5.96 Å². The number of carbonyl (C=O) groups excluding carboxylic acids is 1. The van der Waals surface area contributed by atoms with Gasteiger partial charge in [0, 0.05) is 44.6 Å². The summed E-state index contributed by atoms with van der Waals surface area (Å²) in [4.78, 5) is 16.4. The first-order chi connectivity index (χ1) is 14.7. The number of rotatable bonds is 8. The van der Waals surface area contributed by atoms with Crippen LogP contribution in [0.25, 0.3) is 5.69 Å². The van der Waals surface area contributed by atoms with Crippen LogP contribution in [0, 0.1) is 6.92 Å². The number of aliphatic imine (C=N–C) groups is 1. The van der Waals surface area contributed by atoms with Crippen LogP contribution in [0.2, 0.25) is 0 Å². The van der Waals surface area contributed by atoms with Crippen LogP contribution in [0.1, 0.15) is 21.5 Å². The molecule has 3 rings (SSSR count). The van der Waals surface area contributed by atoms with Gasteiger partial charge in [0.2, 0.25) is 0 Å².